The zero-order valence-corrected chi connectivity index (χ0v) is 12.9. The summed E-state index contributed by atoms with van der Waals surface area (Å²) in [4.78, 5) is 0. The molecule has 86 valence electrons. The molecule has 0 N–H and O–H groups in total. The molecule has 0 atom stereocenters. The normalized spacial score (nSPS) is 12.2. The fourth-order valence-electron chi connectivity index (χ4n) is 1.47. The van der Waals surface area contributed by atoms with Gasteiger partial charge in [-0.2, -0.15) is 12.6 Å². The minimum atomic E-state index is 0.136. The maximum Gasteiger partial charge on any atom is 0.146 e. The average molecular weight is 234 g/mol. The van der Waals surface area contributed by atoms with Crippen molar-refractivity contribution in [2.24, 2.45) is 0 Å². The number of hydrogen-bond donors (Lipinski definition) is 1. The van der Waals surface area contributed by atoms with Crippen LogP contribution in [0.4, 0.5) is 0 Å². The Morgan fingerprint density at radius 3 is 2.00 bits per heavy atom. The highest BCUT2D eigenvalue weighted by atomic mass is 32.1. The molecule has 0 unspecified atom stereocenters. The lowest BCUT2D eigenvalue weighted by molar-refractivity contribution is 0.109. The number of hydrogen-bond acceptors (Lipinski definition) is 2. The zero-order chi connectivity index (χ0) is 10.9. The van der Waals surface area contributed by atoms with Gasteiger partial charge in [-0.25, -0.2) is 0 Å². The molecule has 0 aliphatic rings. The first-order chi connectivity index (χ1) is 6.62. The molecule has 0 aliphatic carbocycles. The molecule has 0 aromatic carbocycles. The van der Waals surface area contributed by atoms with Gasteiger partial charge in [-0.3, -0.25) is 0 Å². The van der Waals surface area contributed by atoms with Crippen LogP contribution in [0.25, 0.3) is 0 Å². The molecule has 0 aliphatic heterocycles. The molecule has 0 rings (SSSR count). The Morgan fingerprint density at radius 2 is 1.50 bits per heavy atom. The number of unbranched alkanes of at least 4 members (excludes halogenated alkanes) is 5. The summed E-state index contributed by atoms with van der Waals surface area (Å²) in [5, 5.41) is 0. The van der Waals surface area contributed by atoms with Crippen LogP contribution in [-0.2, 0) is 4.43 Å². The summed E-state index contributed by atoms with van der Waals surface area (Å²) in [5.41, 5.74) is 0.136. The minimum absolute atomic E-state index is 0.136. The van der Waals surface area contributed by atoms with Gasteiger partial charge in [0.25, 0.3) is 0 Å². The van der Waals surface area contributed by atoms with E-state index in [4.69, 9.17) is 4.43 Å². The Morgan fingerprint density at radius 1 is 1.00 bits per heavy atom. The van der Waals surface area contributed by atoms with Gasteiger partial charge in [0.1, 0.15) is 10.5 Å². The summed E-state index contributed by atoms with van der Waals surface area (Å²) in [6, 6.07) is 0. The highest BCUT2D eigenvalue weighted by Gasteiger charge is 2.13. The molecule has 0 saturated heterocycles. The van der Waals surface area contributed by atoms with Crippen LogP contribution in [0, 0.1) is 0 Å². The molecule has 0 fully saturated rings. The molecule has 1 nitrogen and oxygen atoms in total. The van der Waals surface area contributed by atoms with E-state index in [2.05, 4.69) is 26.5 Å². The highest BCUT2D eigenvalue weighted by Crippen LogP contribution is 2.17. The monoisotopic (exact) mass is 234 g/mol. The lowest BCUT2D eigenvalue weighted by Crippen LogP contribution is -2.22. The van der Waals surface area contributed by atoms with Crippen molar-refractivity contribution >= 4 is 23.1 Å². The molecule has 14 heavy (non-hydrogen) atoms. The second kappa shape index (κ2) is 8.80. The molecular weight excluding hydrogens is 208 g/mol. The van der Waals surface area contributed by atoms with Gasteiger partial charge in [0.15, 0.2) is 0 Å². The van der Waals surface area contributed by atoms with Crippen molar-refractivity contribution < 1.29 is 4.43 Å². The predicted molar refractivity (Wildman–Crippen MR) is 71.3 cm³/mol. The first kappa shape index (κ1) is 14.5. The van der Waals surface area contributed by atoms with Gasteiger partial charge in [0.05, 0.1) is 0 Å². The van der Waals surface area contributed by atoms with Gasteiger partial charge in [0, 0.05) is 5.60 Å². The first-order valence-corrected chi connectivity index (χ1v) is 7.23. The Hall–Kier alpha value is 0.527. The summed E-state index contributed by atoms with van der Waals surface area (Å²) in [5.74, 6) is 1.04. The van der Waals surface area contributed by atoms with Crippen molar-refractivity contribution in [3.63, 3.8) is 0 Å². The smallest absolute Gasteiger partial charge is 0.146 e. The maximum absolute atomic E-state index is 5.51. The molecule has 0 spiro atoms. The Bertz CT molecular complexity index is 128. The van der Waals surface area contributed by atoms with E-state index >= 15 is 0 Å². The molecule has 0 amide bonds. The van der Waals surface area contributed by atoms with Crippen molar-refractivity contribution in [3.05, 3.63) is 0 Å². The summed E-state index contributed by atoms with van der Waals surface area (Å²) < 4.78 is 5.51. The highest BCUT2D eigenvalue weighted by molar-refractivity contribution is 7.80. The van der Waals surface area contributed by atoms with Gasteiger partial charge in [-0.05, 0) is 32.4 Å². The third-order valence-electron chi connectivity index (χ3n) is 2.74. The van der Waals surface area contributed by atoms with Gasteiger partial charge < -0.3 is 4.43 Å². The number of rotatable bonds is 9. The Balaban J connectivity index is 3.13. The third kappa shape index (κ3) is 9.10. The van der Waals surface area contributed by atoms with E-state index in [0.717, 1.165) is 16.2 Å². The topological polar surface area (TPSA) is 9.23 Å². The quantitative estimate of drug-likeness (QED) is 0.367. The van der Waals surface area contributed by atoms with Crippen molar-refractivity contribution in [1.82, 2.24) is 0 Å². The van der Waals surface area contributed by atoms with Crippen LogP contribution in [0.5, 0.6) is 0 Å². The molecule has 0 saturated carbocycles. The largest absolute Gasteiger partial charge is 0.423 e. The molecule has 0 radical (unpaired) electrons. The third-order valence-corrected chi connectivity index (χ3v) is 4.16. The van der Waals surface area contributed by atoms with Crippen molar-refractivity contribution in [2.45, 2.75) is 64.4 Å². The van der Waals surface area contributed by atoms with Gasteiger partial charge in [-0.15, -0.1) is 0 Å². The van der Waals surface area contributed by atoms with Crippen molar-refractivity contribution in [2.75, 3.05) is 5.75 Å². The summed E-state index contributed by atoms with van der Waals surface area (Å²) >= 11 is 4.20. The second-order valence-electron chi connectivity index (χ2n) is 4.56. The van der Waals surface area contributed by atoms with Crippen LogP contribution in [0.2, 0.25) is 0 Å². The van der Waals surface area contributed by atoms with Gasteiger partial charge in [0.2, 0.25) is 0 Å². The molecule has 0 heterocycles. The van der Waals surface area contributed by atoms with E-state index in [0.29, 0.717) is 0 Å². The van der Waals surface area contributed by atoms with E-state index in [-0.39, 0.29) is 5.60 Å². The zero-order valence-electron chi connectivity index (χ0n) is 10.0. The summed E-state index contributed by atoms with van der Waals surface area (Å²) in [6.45, 7) is 4.39. The second-order valence-corrected chi connectivity index (χ2v) is 5.41. The SMILES string of the molecule is CC(C)(CCCCCCCCS)O[SiH3]. The summed E-state index contributed by atoms with van der Waals surface area (Å²) in [6.07, 6.45) is 9.27. The molecular formula is C11H26OSSi. The van der Waals surface area contributed by atoms with E-state index < -0.39 is 0 Å². The molecule has 0 aromatic heterocycles. The maximum atomic E-state index is 5.51. The molecule has 0 aromatic rings. The van der Waals surface area contributed by atoms with E-state index in [1.807, 2.05) is 0 Å². The van der Waals surface area contributed by atoms with E-state index in [1.165, 1.54) is 44.9 Å². The van der Waals surface area contributed by atoms with Crippen LogP contribution in [-0.4, -0.2) is 21.8 Å². The van der Waals surface area contributed by atoms with Crippen molar-refractivity contribution in [1.29, 1.82) is 0 Å². The van der Waals surface area contributed by atoms with Crippen LogP contribution in [0.1, 0.15) is 58.8 Å². The lowest BCUT2D eigenvalue weighted by Gasteiger charge is -2.23. The van der Waals surface area contributed by atoms with Crippen LogP contribution >= 0.6 is 12.6 Å². The fourth-order valence-corrected chi connectivity index (χ4v) is 1.90. The Labute approximate surface area is 98.0 Å². The standard InChI is InChI=1S/C11H26OSSi/c1-11(2,12-14)9-7-5-3-4-6-8-10-13/h13H,3-10H2,1-2,14H3. The average Bonchev–Trinajstić information content (AvgIpc) is 2.16. The predicted octanol–water partition coefficient (Wildman–Crippen LogP) is 2.72. The van der Waals surface area contributed by atoms with Gasteiger partial charge in [-0.1, -0.05) is 32.1 Å². The lowest BCUT2D eigenvalue weighted by atomic mass is 10.00. The van der Waals surface area contributed by atoms with E-state index in [1.54, 1.807) is 0 Å². The van der Waals surface area contributed by atoms with Crippen LogP contribution in [0.15, 0.2) is 0 Å². The minimum Gasteiger partial charge on any atom is -0.423 e. The fraction of sp³-hybridized carbons (Fsp3) is 1.00. The summed E-state index contributed by atoms with van der Waals surface area (Å²) in [7, 11) is 0.859. The molecule has 0 bridgehead atoms. The van der Waals surface area contributed by atoms with Crippen molar-refractivity contribution in [3.8, 4) is 0 Å². The van der Waals surface area contributed by atoms with Crippen LogP contribution < -0.4 is 0 Å². The number of thiol groups is 1. The Kier molecular flexibility index (Phi) is 9.14. The molecule has 3 heteroatoms. The van der Waals surface area contributed by atoms with E-state index in [9.17, 15) is 0 Å². The van der Waals surface area contributed by atoms with Crippen LogP contribution in [0.3, 0.4) is 0 Å². The first-order valence-electron chi connectivity index (χ1n) is 5.78. The van der Waals surface area contributed by atoms with Gasteiger partial charge >= 0.3 is 0 Å².